The van der Waals surface area contributed by atoms with Gasteiger partial charge in [0.25, 0.3) is 5.91 Å². The van der Waals surface area contributed by atoms with Crippen LogP contribution in [0.4, 0.5) is 4.79 Å². The minimum Gasteiger partial charge on any atom is -0.337 e. The van der Waals surface area contributed by atoms with Gasteiger partial charge >= 0.3 is 6.03 Å². The third-order valence-corrected chi connectivity index (χ3v) is 3.79. The molecule has 0 spiro atoms. The molecule has 0 unspecified atom stereocenters. The van der Waals surface area contributed by atoms with E-state index in [-0.39, 0.29) is 11.9 Å². The Morgan fingerprint density at radius 3 is 2.32 bits per heavy atom. The third-order valence-electron chi connectivity index (χ3n) is 3.79. The molecule has 1 aromatic rings. The number of piperazine rings is 1. The van der Waals surface area contributed by atoms with E-state index in [0.717, 1.165) is 38.3 Å². The van der Waals surface area contributed by atoms with Crippen LogP contribution in [0.1, 0.15) is 10.4 Å². The van der Waals surface area contributed by atoms with E-state index in [2.05, 4.69) is 10.2 Å². The first-order valence-corrected chi connectivity index (χ1v) is 7.60. The molecule has 1 aliphatic heterocycles. The Balaban J connectivity index is 1.72. The molecule has 2 rings (SSSR count). The van der Waals surface area contributed by atoms with Crippen LogP contribution in [-0.2, 0) is 0 Å². The van der Waals surface area contributed by atoms with Gasteiger partial charge in [-0.15, -0.1) is 0 Å². The Kier molecular flexibility index (Phi) is 5.77. The Morgan fingerprint density at radius 2 is 1.73 bits per heavy atom. The first kappa shape index (κ1) is 16.3. The first-order chi connectivity index (χ1) is 10.6. The van der Waals surface area contributed by atoms with Crippen LogP contribution in [0, 0.1) is 0 Å². The van der Waals surface area contributed by atoms with Crippen LogP contribution in [0.2, 0.25) is 0 Å². The number of rotatable bonds is 4. The van der Waals surface area contributed by atoms with E-state index in [1.807, 2.05) is 35.2 Å². The summed E-state index contributed by atoms with van der Waals surface area (Å²) in [6, 6.07) is 9.32. The molecule has 1 saturated heterocycles. The highest BCUT2D eigenvalue weighted by Crippen LogP contribution is 2.08. The van der Waals surface area contributed by atoms with E-state index >= 15 is 0 Å². The quantitative estimate of drug-likeness (QED) is 0.891. The third kappa shape index (κ3) is 4.46. The van der Waals surface area contributed by atoms with E-state index < -0.39 is 0 Å². The fraction of sp³-hybridized carbons (Fsp3) is 0.500. The summed E-state index contributed by atoms with van der Waals surface area (Å²) in [5, 5.41) is 2.85. The van der Waals surface area contributed by atoms with Crippen molar-refractivity contribution in [2.75, 3.05) is 53.4 Å². The number of carbonyl (C=O) groups is 2. The molecule has 0 atom stereocenters. The van der Waals surface area contributed by atoms with Gasteiger partial charge in [0, 0.05) is 58.9 Å². The van der Waals surface area contributed by atoms with Gasteiger partial charge < -0.3 is 15.1 Å². The largest absolute Gasteiger partial charge is 0.337 e. The molecule has 0 aliphatic carbocycles. The Morgan fingerprint density at radius 1 is 1.09 bits per heavy atom. The van der Waals surface area contributed by atoms with E-state index in [1.54, 1.807) is 14.1 Å². The molecule has 0 aromatic heterocycles. The van der Waals surface area contributed by atoms with E-state index in [1.165, 1.54) is 4.90 Å². The molecule has 0 bridgehead atoms. The van der Waals surface area contributed by atoms with Crippen LogP contribution < -0.4 is 5.32 Å². The van der Waals surface area contributed by atoms with Crippen molar-refractivity contribution in [1.29, 1.82) is 0 Å². The highest BCUT2D eigenvalue weighted by molar-refractivity contribution is 5.94. The minimum atomic E-state index is -0.0714. The first-order valence-electron chi connectivity index (χ1n) is 7.60. The summed E-state index contributed by atoms with van der Waals surface area (Å²) in [5.41, 5.74) is 0.745. The van der Waals surface area contributed by atoms with Gasteiger partial charge in [-0.05, 0) is 12.1 Å². The summed E-state index contributed by atoms with van der Waals surface area (Å²) < 4.78 is 0. The summed E-state index contributed by atoms with van der Waals surface area (Å²) in [7, 11) is 3.45. The maximum atomic E-state index is 12.3. The molecule has 0 radical (unpaired) electrons. The maximum absolute atomic E-state index is 12.3. The van der Waals surface area contributed by atoms with Crippen molar-refractivity contribution in [3.8, 4) is 0 Å². The molecule has 1 fully saturated rings. The number of carbonyl (C=O) groups excluding carboxylic acids is 2. The summed E-state index contributed by atoms with van der Waals surface area (Å²) in [6.45, 7) is 4.59. The van der Waals surface area contributed by atoms with Crippen LogP contribution >= 0.6 is 0 Å². The number of hydrogen-bond donors (Lipinski definition) is 1. The molecule has 1 aromatic carbocycles. The van der Waals surface area contributed by atoms with Crippen LogP contribution in [-0.4, -0.2) is 80.0 Å². The molecular formula is C16H24N4O2. The van der Waals surface area contributed by atoms with Gasteiger partial charge in [0.15, 0.2) is 0 Å². The van der Waals surface area contributed by atoms with Crippen LogP contribution in [0.25, 0.3) is 0 Å². The molecule has 6 heteroatoms. The average Bonchev–Trinajstić information content (AvgIpc) is 2.55. The van der Waals surface area contributed by atoms with Crippen LogP contribution in [0.5, 0.6) is 0 Å². The second-order valence-electron chi connectivity index (χ2n) is 5.63. The lowest BCUT2D eigenvalue weighted by molar-refractivity contribution is 0.0639. The van der Waals surface area contributed by atoms with Gasteiger partial charge in [-0.3, -0.25) is 9.69 Å². The summed E-state index contributed by atoms with van der Waals surface area (Å²) in [4.78, 5) is 29.4. The lowest BCUT2D eigenvalue weighted by Gasteiger charge is -2.34. The van der Waals surface area contributed by atoms with Crippen molar-refractivity contribution in [2.45, 2.75) is 0 Å². The molecule has 1 aliphatic rings. The van der Waals surface area contributed by atoms with Crippen molar-refractivity contribution in [3.63, 3.8) is 0 Å². The molecule has 6 nitrogen and oxygen atoms in total. The second-order valence-corrected chi connectivity index (χ2v) is 5.63. The lowest BCUT2D eigenvalue weighted by atomic mass is 10.2. The van der Waals surface area contributed by atoms with Gasteiger partial charge in [0.05, 0.1) is 0 Å². The normalized spacial score (nSPS) is 15.5. The van der Waals surface area contributed by atoms with E-state index in [9.17, 15) is 9.59 Å². The smallest absolute Gasteiger partial charge is 0.316 e. The van der Waals surface area contributed by atoms with Crippen molar-refractivity contribution in [2.24, 2.45) is 0 Å². The SMILES string of the molecule is CN(C)C(=O)NCCN1CCN(C(=O)c2ccccc2)CC1. The Labute approximate surface area is 131 Å². The van der Waals surface area contributed by atoms with E-state index in [4.69, 9.17) is 0 Å². The molecular weight excluding hydrogens is 280 g/mol. The highest BCUT2D eigenvalue weighted by atomic mass is 16.2. The fourth-order valence-electron chi connectivity index (χ4n) is 2.42. The average molecular weight is 304 g/mol. The van der Waals surface area contributed by atoms with Gasteiger partial charge in [0.2, 0.25) is 0 Å². The topological polar surface area (TPSA) is 55.9 Å². The number of urea groups is 1. The second kappa shape index (κ2) is 7.79. The van der Waals surface area contributed by atoms with Crippen molar-refractivity contribution in [1.82, 2.24) is 20.0 Å². The molecule has 0 saturated carbocycles. The summed E-state index contributed by atoms with van der Waals surface area (Å²) in [6.07, 6.45) is 0. The molecule has 22 heavy (non-hydrogen) atoms. The van der Waals surface area contributed by atoms with Crippen molar-refractivity contribution in [3.05, 3.63) is 35.9 Å². The van der Waals surface area contributed by atoms with Crippen molar-refractivity contribution >= 4 is 11.9 Å². The number of nitrogens with one attached hydrogen (secondary N) is 1. The standard InChI is InChI=1S/C16H24N4O2/c1-18(2)16(22)17-8-9-19-10-12-20(13-11-19)15(21)14-6-4-3-5-7-14/h3-7H,8-13H2,1-2H3,(H,17,22). The number of nitrogens with zero attached hydrogens (tertiary/aromatic N) is 3. The van der Waals surface area contributed by atoms with Gasteiger partial charge in [-0.1, -0.05) is 18.2 Å². The fourth-order valence-corrected chi connectivity index (χ4v) is 2.42. The van der Waals surface area contributed by atoms with E-state index in [0.29, 0.717) is 6.54 Å². The van der Waals surface area contributed by atoms with Gasteiger partial charge in [-0.25, -0.2) is 4.79 Å². The monoisotopic (exact) mass is 304 g/mol. The predicted molar refractivity (Wildman–Crippen MR) is 85.9 cm³/mol. The number of benzene rings is 1. The molecule has 1 N–H and O–H groups in total. The zero-order chi connectivity index (χ0) is 15.9. The summed E-state index contributed by atoms with van der Waals surface area (Å²) >= 11 is 0. The van der Waals surface area contributed by atoms with Crippen LogP contribution in [0.3, 0.4) is 0 Å². The number of amides is 3. The Hall–Kier alpha value is -2.08. The lowest BCUT2D eigenvalue weighted by Crippen LogP contribution is -2.50. The Bertz CT molecular complexity index is 496. The zero-order valence-electron chi connectivity index (χ0n) is 13.3. The molecule has 3 amide bonds. The molecule has 120 valence electrons. The van der Waals surface area contributed by atoms with Gasteiger partial charge in [0.1, 0.15) is 0 Å². The highest BCUT2D eigenvalue weighted by Gasteiger charge is 2.21. The predicted octanol–water partition coefficient (Wildman–Crippen LogP) is 0.716. The zero-order valence-corrected chi connectivity index (χ0v) is 13.3. The van der Waals surface area contributed by atoms with Crippen molar-refractivity contribution < 1.29 is 9.59 Å². The van der Waals surface area contributed by atoms with Gasteiger partial charge in [-0.2, -0.15) is 0 Å². The molecule has 1 heterocycles. The number of hydrogen-bond acceptors (Lipinski definition) is 3. The maximum Gasteiger partial charge on any atom is 0.316 e. The summed E-state index contributed by atoms with van der Waals surface area (Å²) in [5.74, 6) is 0.0983. The minimum absolute atomic E-state index is 0.0714. The van der Waals surface area contributed by atoms with Crippen LogP contribution in [0.15, 0.2) is 30.3 Å².